The molecule has 1 heterocycles. The van der Waals surface area contributed by atoms with Gasteiger partial charge in [-0.2, -0.15) is 0 Å². The molecule has 0 spiro atoms. The fourth-order valence-electron chi connectivity index (χ4n) is 0.694. The van der Waals surface area contributed by atoms with Gasteiger partial charge in [-0.3, -0.25) is 4.98 Å². The molecule has 0 aliphatic carbocycles. The summed E-state index contributed by atoms with van der Waals surface area (Å²) in [7, 11) is 0. The van der Waals surface area contributed by atoms with Crippen molar-refractivity contribution in [1.82, 2.24) is 9.97 Å². The summed E-state index contributed by atoms with van der Waals surface area (Å²) in [5.74, 6) is 0.0252. The number of nitrogens with zero attached hydrogens (tertiary/aromatic N) is 2. The third-order valence-electron chi connectivity index (χ3n) is 1.33. The van der Waals surface area contributed by atoms with Crippen LogP contribution in [-0.4, -0.2) is 15.1 Å². The van der Waals surface area contributed by atoms with Crippen molar-refractivity contribution in [2.75, 3.05) is 0 Å². The van der Waals surface area contributed by atoms with E-state index in [2.05, 4.69) is 9.97 Å². The van der Waals surface area contributed by atoms with E-state index in [1.54, 1.807) is 13.1 Å². The Hall–Kier alpha value is -1.12. The standard InChI is InChI=1S/C7H10N2O/c1-3-6-4-8-7(10)5(2)9-6/h4H,3H2,1-2H3,(H,8,10). The van der Waals surface area contributed by atoms with Crippen molar-refractivity contribution in [1.29, 1.82) is 0 Å². The smallest absolute Gasteiger partial charge is 0.232 e. The molecule has 0 aromatic carbocycles. The Kier molecular flexibility index (Phi) is 1.85. The van der Waals surface area contributed by atoms with Gasteiger partial charge in [0.2, 0.25) is 5.88 Å². The highest BCUT2D eigenvalue weighted by molar-refractivity contribution is 5.16. The number of aromatic hydroxyl groups is 1. The SMILES string of the molecule is CCc1cnc(O)c(C)n1. The van der Waals surface area contributed by atoms with Crippen LogP contribution in [0.3, 0.4) is 0 Å². The van der Waals surface area contributed by atoms with Crippen LogP contribution in [0.4, 0.5) is 0 Å². The molecular weight excluding hydrogens is 128 g/mol. The van der Waals surface area contributed by atoms with E-state index in [-0.39, 0.29) is 5.88 Å². The Balaban J connectivity index is 3.04. The van der Waals surface area contributed by atoms with Crippen LogP contribution in [0.1, 0.15) is 18.3 Å². The molecule has 1 N–H and O–H groups in total. The Morgan fingerprint density at radius 3 is 2.80 bits per heavy atom. The van der Waals surface area contributed by atoms with Gasteiger partial charge >= 0.3 is 0 Å². The maximum absolute atomic E-state index is 8.97. The molecule has 0 saturated carbocycles. The van der Waals surface area contributed by atoms with Crippen LogP contribution < -0.4 is 0 Å². The second kappa shape index (κ2) is 2.64. The number of aryl methyl sites for hydroxylation is 2. The average Bonchev–Trinajstić information content (AvgIpc) is 1.95. The number of rotatable bonds is 1. The average molecular weight is 138 g/mol. The summed E-state index contributed by atoms with van der Waals surface area (Å²) in [6, 6.07) is 0. The van der Waals surface area contributed by atoms with Crippen LogP contribution in [0.25, 0.3) is 0 Å². The van der Waals surface area contributed by atoms with Gasteiger partial charge in [0.1, 0.15) is 0 Å². The van der Waals surface area contributed by atoms with E-state index in [0.717, 1.165) is 12.1 Å². The largest absolute Gasteiger partial charge is 0.492 e. The lowest BCUT2D eigenvalue weighted by atomic mass is 10.3. The first-order chi connectivity index (χ1) is 4.74. The van der Waals surface area contributed by atoms with Gasteiger partial charge in [0.15, 0.2) is 0 Å². The normalized spacial score (nSPS) is 9.80. The fraction of sp³-hybridized carbons (Fsp3) is 0.429. The summed E-state index contributed by atoms with van der Waals surface area (Å²) in [4.78, 5) is 7.82. The van der Waals surface area contributed by atoms with Crippen molar-refractivity contribution in [2.45, 2.75) is 20.3 Å². The molecule has 0 bridgehead atoms. The topological polar surface area (TPSA) is 46.0 Å². The highest BCUT2D eigenvalue weighted by Crippen LogP contribution is 2.08. The molecule has 3 heteroatoms. The third kappa shape index (κ3) is 1.23. The zero-order valence-electron chi connectivity index (χ0n) is 6.13. The van der Waals surface area contributed by atoms with Crippen molar-refractivity contribution >= 4 is 0 Å². The van der Waals surface area contributed by atoms with Gasteiger partial charge < -0.3 is 5.11 Å². The first-order valence-corrected chi connectivity index (χ1v) is 3.25. The molecule has 3 nitrogen and oxygen atoms in total. The van der Waals surface area contributed by atoms with Crippen LogP contribution >= 0.6 is 0 Å². The van der Waals surface area contributed by atoms with Crippen LogP contribution in [0.2, 0.25) is 0 Å². The maximum Gasteiger partial charge on any atom is 0.232 e. The molecule has 1 rings (SSSR count). The van der Waals surface area contributed by atoms with Crippen molar-refractivity contribution in [3.05, 3.63) is 17.6 Å². The molecule has 10 heavy (non-hydrogen) atoms. The van der Waals surface area contributed by atoms with Crippen LogP contribution in [0.15, 0.2) is 6.20 Å². The summed E-state index contributed by atoms with van der Waals surface area (Å²) >= 11 is 0. The van der Waals surface area contributed by atoms with E-state index < -0.39 is 0 Å². The summed E-state index contributed by atoms with van der Waals surface area (Å²) in [5.41, 5.74) is 1.51. The lowest BCUT2D eigenvalue weighted by Crippen LogP contribution is -1.92. The summed E-state index contributed by atoms with van der Waals surface area (Å²) in [5, 5.41) is 8.97. The molecular formula is C7H10N2O. The predicted octanol–water partition coefficient (Wildman–Crippen LogP) is 1.05. The number of aromatic nitrogens is 2. The second-order valence-corrected chi connectivity index (χ2v) is 2.12. The van der Waals surface area contributed by atoms with E-state index in [9.17, 15) is 0 Å². The lowest BCUT2D eigenvalue weighted by molar-refractivity contribution is 0.444. The van der Waals surface area contributed by atoms with Crippen LogP contribution in [0, 0.1) is 6.92 Å². The molecule has 0 unspecified atom stereocenters. The van der Waals surface area contributed by atoms with Gasteiger partial charge in [-0.1, -0.05) is 6.92 Å². The van der Waals surface area contributed by atoms with Crippen molar-refractivity contribution in [2.24, 2.45) is 0 Å². The van der Waals surface area contributed by atoms with Gasteiger partial charge in [-0.25, -0.2) is 4.98 Å². The van der Waals surface area contributed by atoms with E-state index >= 15 is 0 Å². The minimum Gasteiger partial charge on any atom is -0.492 e. The van der Waals surface area contributed by atoms with Gasteiger partial charge in [0, 0.05) is 0 Å². The Morgan fingerprint density at radius 1 is 1.60 bits per heavy atom. The lowest BCUT2D eigenvalue weighted by Gasteiger charge is -1.97. The van der Waals surface area contributed by atoms with E-state index in [0.29, 0.717) is 5.69 Å². The summed E-state index contributed by atoms with van der Waals surface area (Å²) < 4.78 is 0. The first-order valence-electron chi connectivity index (χ1n) is 3.25. The number of hydrogen-bond donors (Lipinski definition) is 1. The zero-order chi connectivity index (χ0) is 7.56. The molecule has 1 aromatic rings. The molecule has 0 saturated heterocycles. The Labute approximate surface area is 59.8 Å². The van der Waals surface area contributed by atoms with Gasteiger partial charge in [0.25, 0.3) is 0 Å². The van der Waals surface area contributed by atoms with Crippen molar-refractivity contribution < 1.29 is 5.11 Å². The monoisotopic (exact) mass is 138 g/mol. The molecule has 0 aliphatic rings. The highest BCUT2D eigenvalue weighted by Gasteiger charge is 1.97. The van der Waals surface area contributed by atoms with E-state index in [1.165, 1.54) is 0 Å². The third-order valence-corrected chi connectivity index (χ3v) is 1.33. The van der Waals surface area contributed by atoms with E-state index in [4.69, 9.17) is 5.11 Å². The quantitative estimate of drug-likeness (QED) is 0.631. The molecule has 0 aliphatic heterocycles. The zero-order valence-corrected chi connectivity index (χ0v) is 6.13. The highest BCUT2D eigenvalue weighted by atomic mass is 16.3. The molecule has 0 amide bonds. The van der Waals surface area contributed by atoms with Gasteiger partial charge in [-0.15, -0.1) is 0 Å². The molecule has 0 fully saturated rings. The molecule has 0 radical (unpaired) electrons. The van der Waals surface area contributed by atoms with Crippen molar-refractivity contribution in [3.8, 4) is 5.88 Å². The van der Waals surface area contributed by atoms with Gasteiger partial charge in [-0.05, 0) is 13.3 Å². The van der Waals surface area contributed by atoms with E-state index in [1.807, 2.05) is 6.92 Å². The summed E-state index contributed by atoms with van der Waals surface area (Å²) in [6.07, 6.45) is 2.44. The first kappa shape index (κ1) is 6.99. The maximum atomic E-state index is 8.97. The van der Waals surface area contributed by atoms with Crippen LogP contribution in [0.5, 0.6) is 5.88 Å². The minimum absolute atomic E-state index is 0.0252. The van der Waals surface area contributed by atoms with Gasteiger partial charge in [0.05, 0.1) is 17.6 Å². The predicted molar refractivity (Wildman–Crippen MR) is 37.8 cm³/mol. The Bertz CT molecular complexity index is 235. The summed E-state index contributed by atoms with van der Waals surface area (Å²) in [6.45, 7) is 3.74. The fourth-order valence-corrected chi connectivity index (χ4v) is 0.694. The van der Waals surface area contributed by atoms with Crippen LogP contribution in [-0.2, 0) is 6.42 Å². The Morgan fingerprint density at radius 2 is 2.30 bits per heavy atom. The number of hydrogen-bond acceptors (Lipinski definition) is 3. The second-order valence-electron chi connectivity index (χ2n) is 2.12. The minimum atomic E-state index is 0.0252. The van der Waals surface area contributed by atoms with Crippen molar-refractivity contribution in [3.63, 3.8) is 0 Å². The molecule has 1 aromatic heterocycles. The molecule has 54 valence electrons. The molecule has 0 atom stereocenters.